The molecule has 0 saturated heterocycles. The highest BCUT2D eigenvalue weighted by atomic mass is 16.3. The highest BCUT2D eigenvalue weighted by Gasteiger charge is 2.34. The van der Waals surface area contributed by atoms with Gasteiger partial charge in [0.15, 0.2) is 0 Å². The van der Waals surface area contributed by atoms with Gasteiger partial charge in [-0.3, -0.25) is 0 Å². The van der Waals surface area contributed by atoms with Gasteiger partial charge in [-0.25, -0.2) is 0 Å². The summed E-state index contributed by atoms with van der Waals surface area (Å²) in [4.78, 5) is 0. The highest BCUT2D eigenvalue weighted by Crippen LogP contribution is 2.38. The molecule has 0 radical (unpaired) electrons. The van der Waals surface area contributed by atoms with E-state index in [9.17, 15) is 5.11 Å². The van der Waals surface area contributed by atoms with Crippen LogP contribution in [0.3, 0.4) is 0 Å². The van der Waals surface area contributed by atoms with Crippen LogP contribution in [-0.4, -0.2) is 17.7 Å². The molecule has 112 valence electrons. The fourth-order valence-corrected chi connectivity index (χ4v) is 3.42. The molecule has 0 heterocycles. The Labute approximate surface area is 127 Å². The second kappa shape index (κ2) is 6.17. The molecule has 21 heavy (non-hydrogen) atoms. The Morgan fingerprint density at radius 2 is 1.81 bits per heavy atom. The molecule has 1 saturated carbocycles. The molecule has 0 amide bonds. The monoisotopic (exact) mass is 283 g/mol. The SMILES string of the molecule is CCCNC1CCC(O)(c2ccc3ccccc3c2)CC1. The smallest absolute Gasteiger partial charge is 0.0898 e. The molecule has 0 atom stereocenters. The minimum absolute atomic E-state index is 0.575. The maximum Gasteiger partial charge on any atom is 0.0898 e. The fourth-order valence-electron chi connectivity index (χ4n) is 3.42. The van der Waals surface area contributed by atoms with E-state index in [1.807, 2.05) is 0 Å². The zero-order valence-corrected chi connectivity index (χ0v) is 12.8. The Morgan fingerprint density at radius 1 is 1.10 bits per heavy atom. The first-order valence-corrected chi connectivity index (χ1v) is 8.16. The summed E-state index contributed by atoms with van der Waals surface area (Å²) in [5.74, 6) is 0. The van der Waals surface area contributed by atoms with E-state index in [1.165, 1.54) is 17.2 Å². The summed E-state index contributed by atoms with van der Waals surface area (Å²) in [6.45, 7) is 3.28. The predicted octanol–water partition coefficient (Wildman–Crippen LogP) is 3.97. The van der Waals surface area contributed by atoms with Gasteiger partial charge in [-0.1, -0.05) is 43.3 Å². The highest BCUT2D eigenvalue weighted by molar-refractivity contribution is 5.83. The van der Waals surface area contributed by atoms with Gasteiger partial charge in [0.1, 0.15) is 0 Å². The van der Waals surface area contributed by atoms with E-state index in [4.69, 9.17) is 0 Å². The normalized spacial score (nSPS) is 26.1. The lowest BCUT2D eigenvalue weighted by Crippen LogP contribution is -2.40. The zero-order valence-electron chi connectivity index (χ0n) is 12.8. The van der Waals surface area contributed by atoms with Crippen molar-refractivity contribution < 1.29 is 5.11 Å². The molecule has 0 spiro atoms. The lowest BCUT2D eigenvalue weighted by Gasteiger charge is -2.37. The summed E-state index contributed by atoms with van der Waals surface area (Å²) in [6.07, 6.45) is 5.00. The third-order valence-electron chi connectivity index (χ3n) is 4.78. The van der Waals surface area contributed by atoms with Gasteiger partial charge in [-0.15, -0.1) is 0 Å². The molecule has 0 bridgehead atoms. The quantitative estimate of drug-likeness (QED) is 0.890. The van der Waals surface area contributed by atoms with Gasteiger partial charge in [0.2, 0.25) is 0 Å². The van der Waals surface area contributed by atoms with Gasteiger partial charge in [0.25, 0.3) is 0 Å². The van der Waals surface area contributed by atoms with Crippen LogP contribution in [0.5, 0.6) is 0 Å². The molecule has 1 aliphatic rings. The number of fused-ring (bicyclic) bond motifs is 1. The molecule has 1 fully saturated rings. The first-order chi connectivity index (χ1) is 10.2. The van der Waals surface area contributed by atoms with Crippen LogP contribution in [0.25, 0.3) is 10.8 Å². The van der Waals surface area contributed by atoms with Crippen molar-refractivity contribution in [2.45, 2.75) is 50.7 Å². The van der Waals surface area contributed by atoms with Crippen molar-refractivity contribution >= 4 is 10.8 Å². The summed E-state index contributed by atoms with van der Waals surface area (Å²) >= 11 is 0. The maximum absolute atomic E-state index is 11.0. The molecular weight excluding hydrogens is 258 g/mol. The van der Waals surface area contributed by atoms with Gasteiger partial charge in [-0.05, 0) is 61.1 Å². The lowest BCUT2D eigenvalue weighted by atomic mass is 9.77. The standard InChI is InChI=1S/C19H25NO/c1-2-13-20-18-9-11-19(21,12-10-18)17-8-7-15-5-3-4-6-16(15)14-17/h3-8,14,18,20-21H,2,9-13H2,1H3. The molecule has 0 unspecified atom stereocenters. The molecule has 2 nitrogen and oxygen atoms in total. The topological polar surface area (TPSA) is 32.3 Å². The molecule has 2 heteroatoms. The van der Waals surface area contributed by atoms with Crippen molar-refractivity contribution in [3.8, 4) is 0 Å². The average Bonchev–Trinajstić information content (AvgIpc) is 2.54. The van der Waals surface area contributed by atoms with Crippen LogP contribution in [0.15, 0.2) is 42.5 Å². The molecule has 3 rings (SSSR count). The van der Waals surface area contributed by atoms with Gasteiger partial charge in [-0.2, -0.15) is 0 Å². The summed E-state index contributed by atoms with van der Waals surface area (Å²) in [5.41, 5.74) is 0.434. The van der Waals surface area contributed by atoms with Crippen molar-refractivity contribution in [2.75, 3.05) is 6.54 Å². The third kappa shape index (κ3) is 3.12. The molecule has 2 N–H and O–H groups in total. The van der Waals surface area contributed by atoms with E-state index in [0.717, 1.165) is 37.8 Å². The first kappa shape index (κ1) is 14.6. The van der Waals surface area contributed by atoms with E-state index >= 15 is 0 Å². The molecule has 1 aliphatic carbocycles. The van der Waals surface area contributed by atoms with E-state index in [0.29, 0.717) is 6.04 Å². The second-order valence-electron chi connectivity index (χ2n) is 6.32. The summed E-state index contributed by atoms with van der Waals surface area (Å²) in [7, 11) is 0. The predicted molar refractivity (Wildman–Crippen MR) is 88.4 cm³/mol. The van der Waals surface area contributed by atoms with Crippen molar-refractivity contribution in [1.82, 2.24) is 5.32 Å². The van der Waals surface area contributed by atoms with E-state index < -0.39 is 5.60 Å². The lowest BCUT2D eigenvalue weighted by molar-refractivity contribution is -0.00815. The van der Waals surface area contributed by atoms with Crippen molar-refractivity contribution in [3.05, 3.63) is 48.0 Å². The molecule has 0 aromatic heterocycles. The molecule has 2 aromatic rings. The Hall–Kier alpha value is -1.38. The third-order valence-corrected chi connectivity index (χ3v) is 4.78. The second-order valence-corrected chi connectivity index (χ2v) is 6.32. The van der Waals surface area contributed by atoms with Gasteiger partial charge < -0.3 is 10.4 Å². The zero-order chi connectivity index (χ0) is 14.7. The van der Waals surface area contributed by atoms with Crippen LogP contribution in [0.1, 0.15) is 44.6 Å². The Morgan fingerprint density at radius 3 is 2.52 bits per heavy atom. The van der Waals surface area contributed by atoms with Crippen LogP contribution in [0, 0.1) is 0 Å². The van der Waals surface area contributed by atoms with E-state index in [-0.39, 0.29) is 0 Å². The number of rotatable bonds is 4. The summed E-state index contributed by atoms with van der Waals surface area (Å²) < 4.78 is 0. The number of hydrogen-bond donors (Lipinski definition) is 2. The average molecular weight is 283 g/mol. The minimum Gasteiger partial charge on any atom is -0.385 e. The Balaban J connectivity index is 1.75. The maximum atomic E-state index is 11.0. The van der Waals surface area contributed by atoms with Gasteiger partial charge in [0, 0.05) is 6.04 Å². The van der Waals surface area contributed by atoms with E-state index in [2.05, 4.69) is 54.7 Å². The number of nitrogens with one attached hydrogen (secondary N) is 1. The molecular formula is C19H25NO. The molecule has 2 aromatic carbocycles. The summed E-state index contributed by atoms with van der Waals surface area (Å²) in [5, 5.41) is 17.1. The Kier molecular flexibility index (Phi) is 4.27. The molecule has 0 aliphatic heterocycles. The number of hydrogen-bond acceptors (Lipinski definition) is 2. The van der Waals surface area contributed by atoms with Crippen LogP contribution in [0.4, 0.5) is 0 Å². The summed E-state index contributed by atoms with van der Waals surface area (Å²) in [6, 6.07) is 15.3. The van der Waals surface area contributed by atoms with Crippen LogP contribution in [0.2, 0.25) is 0 Å². The van der Waals surface area contributed by atoms with Crippen LogP contribution in [-0.2, 0) is 5.60 Å². The van der Waals surface area contributed by atoms with Crippen molar-refractivity contribution in [3.63, 3.8) is 0 Å². The number of benzene rings is 2. The van der Waals surface area contributed by atoms with Gasteiger partial charge >= 0.3 is 0 Å². The van der Waals surface area contributed by atoms with Crippen LogP contribution >= 0.6 is 0 Å². The van der Waals surface area contributed by atoms with Crippen molar-refractivity contribution in [1.29, 1.82) is 0 Å². The number of aliphatic hydroxyl groups is 1. The Bertz CT molecular complexity index is 599. The fraction of sp³-hybridized carbons (Fsp3) is 0.474. The minimum atomic E-state index is -0.644. The van der Waals surface area contributed by atoms with Gasteiger partial charge in [0.05, 0.1) is 5.60 Å². The van der Waals surface area contributed by atoms with Crippen molar-refractivity contribution in [2.24, 2.45) is 0 Å². The largest absolute Gasteiger partial charge is 0.385 e. The van der Waals surface area contributed by atoms with E-state index in [1.54, 1.807) is 0 Å². The van der Waals surface area contributed by atoms with Crippen LogP contribution < -0.4 is 5.32 Å². The first-order valence-electron chi connectivity index (χ1n) is 8.16.